The predicted molar refractivity (Wildman–Crippen MR) is 94.0 cm³/mol. The molecule has 0 unspecified atom stereocenters. The van der Waals surface area contributed by atoms with Gasteiger partial charge in [-0.1, -0.05) is 18.2 Å². The average molecular weight is 423 g/mol. The van der Waals surface area contributed by atoms with Gasteiger partial charge in [0.1, 0.15) is 10.3 Å². The van der Waals surface area contributed by atoms with Crippen LogP contribution in [0.15, 0.2) is 51.7 Å². The van der Waals surface area contributed by atoms with Crippen LogP contribution in [0.2, 0.25) is 0 Å². The fraction of sp³-hybridized carbons (Fsp3) is 0.125. The van der Waals surface area contributed by atoms with Crippen LogP contribution in [0, 0.1) is 0 Å². The van der Waals surface area contributed by atoms with Crippen molar-refractivity contribution in [2.24, 2.45) is 0 Å². The number of nitrogens with zero attached hydrogens (tertiary/aromatic N) is 1. The first-order chi connectivity index (χ1) is 10.6. The van der Waals surface area contributed by atoms with Gasteiger partial charge in [0.25, 0.3) is 5.91 Å². The zero-order chi connectivity index (χ0) is 15.5. The summed E-state index contributed by atoms with van der Waals surface area (Å²) in [4.78, 5) is 19.5. The summed E-state index contributed by atoms with van der Waals surface area (Å²) < 4.78 is 1.44. The molecule has 2 heterocycles. The van der Waals surface area contributed by atoms with Gasteiger partial charge >= 0.3 is 0 Å². The Kier molecular flexibility index (Phi) is 4.59. The first-order valence-electron chi connectivity index (χ1n) is 6.80. The van der Waals surface area contributed by atoms with E-state index in [1.54, 1.807) is 12.1 Å². The second-order valence-corrected chi connectivity index (χ2v) is 6.44. The van der Waals surface area contributed by atoms with Crippen molar-refractivity contribution in [2.45, 2.75) is 6.42 Å². The molecule has 22 heavy (non-hydrogen) atoms. The summed E-state index contributed by atoms with van der Waals surface area (Å²) in [5, 5.41) is 4.09. The van der Waals surface area contributed by atoms with Crippen molar-refractivity contribution in [3.63, 3.8) is 0 Å². The number of hydrogen-bond acceptors (Lipinski definition) is 2. The molecule has 3 rings (SSSR count). The number of amides is 1. The molecule has 0 aliphatic heterocycles. The largest absolute Gasteiger partial charge is 0.361 e. The van der Waals surface area contributed by atoms with E-state index < -0.39 is 0 Å². The molecule has 112 valence electrons. The highest BCUT2D eigenvalue weighted by molar-refractivity contribution is 9.13. The molecule has 0 aliphatic rings. The Bertz CT molecular complexity index is 829. The van der Waals surface area contributed by atoms with Crippen molar-refractivity contribution in [3.8, 4) is 0 Å². The van der Waals surface area contributed by atoms with Crippen LogP contribution in [0.3, 0.4) is 0 Å². The van der Waals surface area contributed by atoms with Crippen LogP contribution in [-0.2, 0) is 6.42 Å². The molecule has 0 bridgehead atoms. The van der Waals surface area contributed by atoms with Gasteiger partial charge in [-0.3, -0.25) is 4.79 Å². The van der Waals surface area contributed by atoms with Gasteiger partial charge in [0.05, 0.1) is 4.47 Å². The van der Waals surface area contributed by atoms with E-state index in [0.717, 1.165) is 16.4 Å². The number of aromatic amines is 1. The van der Waals surface area contributed by atoms with Crippen LogP contribution in [0.4, 0.5) is 0 Å². The third-order valence-corrected chi connectivity index (χ3v) is 5.17. The summed E-state index contributed by atoms with van der Waals surface area (Å²) in [5.74, 6) is -0.173. The molecule has 3 aromatic rings. The molecular weight excluding hydrogens is 410 g/mol. The number of fused-ring (bicyclic) bond motifs is 1. The molecule has 1 amide bonds. The third kappa shape index (κ3) is 3.23. The fourth-order valence-corrected chi connectivity index (χ4v) is 2.83. The summed E-state index contributed by atoms with van der Waals surface area (Å²) in [6, 6.07) is 11.6. The highest BCUT2D eigenvalue weighted by atomic mass is 79.9. The van der Waals surface area contributed by atoms with Gasteiger partial charge in [-0.2, -0.15) is 0 Å². The molecule has 0 spiro atoms. The molecule has 0 aliphatic carbocycles. The number of halogens is 2. The standard InChI is InChI=1S/C16H13Br2N3O/c17-12-5-6-14(21-15(12)18)16(22)19-8-7-10-9-20-13-4-2-1-3-11(10)13/h1-6,9,20H,7-8H2,(H,19,22). The van der Waals surface area contributed by atoms with Gasteiger partial charge in [-0.25, -0.2) is 4.98 Å². The lowest BCUT2D eigenvalue weighted by Gasteiger charge is -2.05. The molecule has 0 saturated carbocycles. The van der Waals surface area contributed by atoms with Gasteiger partial charge < -0.3 is 10.3 Å². The van der Waals surface area contributed by atoms with Crippen molar-refractivity contribution in [1.82, 2.24) is 15.3 Å². The molecule has 2 aromatic heterocycles. The number of nitrogens with one attached hydrogen (secondary N) is 2. The minimum atomic E-state index is -0.173. The van der Waals surface area contributed by atoms with Gasteiger partial charge in [-0.15, -0.1) is 0 Å². The summed E-state index contributed by atoms with van der Waals surface area (Å²) >= 11 is 6.63. The molecule has 2 N–H and O–H groups in total. The molecule has 0 radical (unpaired) electrons. The van der Waals surface area contributed by atoms with E-state index in [-0.39, 0.29) is 5.91 Å². The Hall–Kier alpha value is -1.66. The SMILES string of the molecule is O=C(NCCc1c[nH]c2ccccc12)c1ccc(Br)c(Br)n1. The zero-order valence-electron chi connectivity index (χ0n) is 11.6. The second kappa shape index (κ2) is 6.62. The van der Waals surface area contributed by atoms with Gasteiger partial charge in [0.2, 0.25) is 0 Å². The van der Waals surface area contributed by atoms with E-state index in [1.807, 2.05) is 24.4 Å². The van der Waals surface area contributed by atoms with Crippen molar-refractivity contribution in [3.05, 3.63) is 62.9 Å². The predicted octanol–water partition coefficient (Wildman–Crippen LogP) is 4.06. The topological polar surface area (TPSA) is 57.8 Å². The smallest absolute Gasteiger partial charge is 0.269 e. The number of rotatable bonds is 4. The highest BCUT2D eigenvalue weighted by Gasteiger charge is 2.09. The lowest BCUT2D eigenvalue weighted by atomic mass is 10.1. The summed E-state index contributed by atoms with van der Waals surface area (Å²) in [6.45, 7) is 0.566. The Balaban J connectivity index is 1.63. The molecule has 0 fully saturated rings. The monoisotopic (exact) mass is 421 g/mol. The normalized spacial score (nSPS) is 10.8. The first-order valence-corrected chi connectivity index (χ1v) is 8.39. The molecule has 4 nitrogen and oxygen atoms in total. The van der Waals surface area contributed by atoms with E-state index in [4.69, 9.17) is 0 Å². The Morgan fingerprint density at radius 3 is 2.82 bits per heavy atom. The Labute approximate surface area is 144 Å². The van der Waals surface area contributed by atoms with Crippen LogP contribution in [0.25, 0.3) is 10.9 Å². The number of carbonyl (C=O) groups excluding carboxylic acids is 1. The lowest BCUT2D eigenvalue weighted by molar-refractivity contribution is 0.0949. The van der Waals surface area contributed by atoms with Crippen LogP contribution in [0.1, 0.15) is 16.1 Å². The minimum absolute atomic E-state index is 0.173. The Morgan fingerprint density at radius 1 is 1.18 bits per heavy atom. The van der Waals surface area contributed by atoms with E-state index in [2.05, 4.69) is 53.2 Å². The molecule has 0 atom stereocenters. The maximum Gasteiger partial charge on any atom is 0.269 e. The fourth-order valence-electron chi connectivity index (χ4n) is 2.28. The highest BCUT2D eigenvalue weighted by Crippen LogP contribution is 2.20. The van der Waals surface area contributed by atoms with Gasteiger partial charge in [0.15, 0.2) is 0 Å². The number of aromatic nitrogens is 2. The number of para-hydroxylation sites is 1. The summed E-state index contributed by atoms with van der Waals surface area (Å²) in [5.41, 5.74) is 2.71. The average Bonchev–Trinajstić information content (AvgIpc) is 2.93. The Morgan fingerprint density at radius 2 is 2.00 bits per heavy atom. The number of H-pyrrole nitrogens is 1. The maximum absolute atomic E-state index is 12.1. The quantitative estimate of drug-likeness (QED) is 0.623. The number of carbonyl (C=O) groups is 1. The molecule has 6 heteroatoms. The second-order valence-electron chi connectivity index (χ2n) is 4.83. The zero-order valence-corrected chi connectivity index (χ0v) is 14.7. The summed E-state index contributed by atoms with van der Waals surface area (Å²) in [7, 11) is 0. The maximum atomic E-state index is 12.1. The third-order valence-electron chi connectivity index (χ3n) is 3.39. The molecule has 1 aromatic carbocycles. The van der Waals surface area contributed by atoms with Crippen molar-refractivity contribution >= 4 is 48.7 Å². The van der Waals surface area contributed by atoms with Crippen molar-refractivity contribution in [1.29, 1.82) is 0 Å². The van der Waals surface area contributed by atoms with Crippen LogP contribution >= 0.6 is 31.9 Å². The van der Waals surface area contributed by atoms with Crippen molar-refractivity contribution in [2.75, 3.05) is 6.54 Å². The molecular formula is C16H13Br2N3O. The van der Waals surface area contributed by atoms with Crippen LogP contribution in [-0.4, -0.2) is 22.4 Å². The molecule has 0 saturated heterocycles. The number of hydrogen-bond donors (Lipinski definition) is 2. The van der Waals surface area contributed by atoms with E-state index >= 15 is 0 Å². The van der Waals surface area contributed by atoms with E-state index in [1.165, 1.54) is 10.9 Å². The van der Waals surface area contributed by atoms with Crippen molar-refractivity contribution < 1.29 is 4.79 Å². The number of benzene rings is 1. The van der Waals surface area contributed by atoms with Crippen LogP contribution < -0.4 is 5.32 Å². The lowest BCUT2D eigenvalue weighted by Crippen LogP contribution is -2.26. The van der Waals surface area contributed by atoms with Gasteiger partial charge in [-0.05, 0) is 62.0 Å². The first kappa shape index (κ1) is 15.2. The minimum Gasteiger partial charge on any atom is -0.361 e. The van der Waals surface area contributed by atoms with E-state index in [0.29, 0.717) is 16.8 Å². The van der Waals surface area contributed by atoms with Crippen LogP contribution in [0.5, 0.6) is 0 Å². The van der Waals surface area contributed by atoms with Gasteiger partial charge in [0, 0.05) is 23.6 Å². The van der Waals surface area contributed by atoms with E-state index in [9.17, 15) is 4.79 Å². The number of pyridine rings is 1. The summed E-state index contributed by atoms with van der Waals surface area (Å²) in [6.07, 6.45) is 2.76.